The maximum Gasteiger partial charge on any atom is 0.266 e. The van der Waals surface area contributed by atoms with Gasteiger partial charge in [-0.2, -0.15) is 0 Å². The van der Waals surface area contributed by atoms with E-state index in [4.69, 9.17) is 19.6 Å². The molecule has 0 unspecified atom stereocenters. The fourth-order valence-corrected chi connectivity index (χ4v) is 5.80. The van der Waals surface area contributed by atoms with E-state index in [-0.39, 0.29) is 12.5 Å². The molecule has 1 saturated heterocycles. The lowest BCUT2D eigenvalue weighted by Gasteiger charge is -2.31. The van der Waals surface area contributed by atoms with Crippen molar-refractivity contribution in [3.63, 3.8) is 0 Å². The fourth-order valence-electron chi connectivity index (χ4n) is 5.80. The van der Waals surface area contributed by atoms with Crippen LogP contribution in [-0.2, 0) is 9.53 Å². The number of benzene rings is 4. The Hall–Kier alpha value is -4.72. The quantitative estimate of drug-likeness (QED) is 0.179. The SMILES string of the molecule is O=C(NN1CCCC1)[C@@]1(C/C=C/c2ccccc2)N=C(c2ccc(OCCCO)cc2)O[C@H]1c1ccc(-c2ccccc2)cc1. The number of aliphatic hydroxyl groups excluding tert-OH is 1. The van der Waals surface area contributed by atoms with Crippen molar-refractivity contribution in [1.29, 1.82) is 0 Å². The average Bonchev–Trinajstić information content (AvgIpc) is 3.75. The maximum absolute atomic E-state index is 14.4. The standard InChI is InChI=1S/C38H39N3O4/c42-27-10-28-44-34-22-20-33(21-23-34)36-39-38(37(43)40-41-25-7-8-26-41,24-9-13-29-11-3-1-4-12-29)35(45-36)32-18-16-31(17-19-32)30-14-5-2-6-15-30/h1-6,9,11-23,35,42H,7-8,10,24-28H2,(H,40,43)/b13-9+/t35-,38-/m0/s1. The summed E-state index contributed by atoms with van der Waals surface area (Å²) in [5.41, 5.74) is 6.85. The highest BCUT2D eigenvalue weighted by Gasteiger charge is 2.53. The second-order valence-corrected chi connectivity index (χ2v) is 11.4. The molecular weight excluding hydrogens is 562 g/mol. The van der Waals surface area contributed by atoms with Crippen LogP contribution in [0.25, 0.3) is 17.2 Å². The van der Waals surface area contributed by atoms with Crippen molar-refractivity contribution in [3.05, 3.63) is 132 Å². The molecule has 45 heavy (non-hydrogen) atoms. The number of nitrogens with one attached hydrogen (secondary N) is 1. The Bertz CT molecular complexity index is 1600. The molecule has 2 atom stereocenters. The largest absolute Gasteiger partial charge is 0.494 e. The van der Waals surface area contributed by atoms with E-state index in [9.17, 15) is 4.79 Å². The lowest BCUT2D eigenvalue weighted by atomic mass is 9.84. The Balaban J connectivity index is 1.37. The third kappa shape index (κ3) is 7.17. The van der Waals surface area contributed by atoms with E-state index in [0.29, 0.717) is 31.1 Å². The maximum atomic E-state index is 14.4. The van der Waals surface area contributed by atoms with E-state index in [2.05, 4.69) is 29.7 Å². The van der Waals surface area contributed by atoms with Crippen molar-refractivity contribution < 1.29 is 19.4 Å². The van der Waals surface area contributed by atoms with Crippen molar-refractivity contribution >= 4 is 17.9 Å². The molecule has 6 rings (SSSR count). The zero-order chi connectivity index (χ0) is 30.9. The fraction of sp³-hybridized carbons (Fsp3) is 0.263. The summed E-state index contributed by atoms with van der Waals surface area (Å²) in [6.45, 7) is 2.14. The summed E-state index contributed by atoms with van der Waals surface area (Å²) in [6, 6.07) is 36.1. The van der Waals surface area contributed by atoms with E-state index >= 15 is 0 Å². The number of aliphatic imine (C=N–C) groups is 1. The number of carbonyl (C=O) groups is 1. The van der Waals surface area contributed by atoms with Gasteiger partial charge >= 0.3 is 0 Å². The Morgan fingerprint density at radius 2 is 1.53 bits per heavy atom. The van der Waals surface area contributed by atoms with Gasteiger partial charge in [0.25, 0.3) is 5.91 Å². The number of amides is 1. The van der Waals surface area contributed by atoms with Crippen LogP contribution in [0, 0.1) is 0 Å². The summed E-state index contributed by atoms with van der Waals surface area (Å²) in [5.74, 6) is 0.930. The van der Waals surface area contributed by atoms with Crippen molar-refractivity contribution in [2.24, 2.45) is 4.99 Å². The molecule has 0 spiro atoms. The van der Waals surface area contributed by atoms with Gasteiger partial charge in [0.2, 0.25) is 5.90 Å². The summed E-state index contributed by atoms with van der Waals surface area (Å²) in [4.78, 5) is 19.5. The molecule has 0 aromatic heterocycles. The van der Waals surface area contributed by atoms with Gasteiger partial charge in [0.1, 0.15) is 5.75 Å². The minimum atomic E-state index is -1.24. The molecule has 4 aromatic carbocycles. The molecule has 0 aliphatic carbocycles. The van der Waals surface area contributed by atoms with Gasteiger partial charge < -0.3 is 14.6 Å². The molecule has 2 heterocycles. The van der Waals surface area contributed by atoms with E-state index in [1.54, 1.807) is 0 Å². The molecule has 0 bridgehead atoms. The third-order valence-corrected chi connectivity index (χ3v) is 8.26. The molecule has 7 heteroatoms. The molecule has 230 valence electrons. The highest BCUT2D eigenvalue weighted by atomic mass is 16.5. The summed E-state index contributed by atoms with van der Waals surface area (Å²) in [5, 5.41) is 11.1. The van der Waals surface area contributed by atoms with Crippen LogP contribution in [0.3, 0.4) is 0 Å². The summed E-state index contributed by atoms with van der Waals surface area (Å²) in [6.07, 6.45) is 6.41. The van der Waals surface area contributed by atoms with Crippen LogP contribution >= 0.6 is 0 Å². The molecule has 2 N–H and O–H groups in total. The van der Waals surface area contributed by atoms with Crippen LogP contribution in [0.15, 0.2) is 120 Å². The van der Waals surface area contributed by atoms with Crippen molar-refractivity contribution in [1.82, 2.24) is 10.4 Å². The van der Waals surface area contributed by atoms with Crippen LogP contribution in [0.2, 0.25) is 0 Å². The van der Waals surface area contributed by atoms with Gasteiger partial charge in [-0.3, -0.25) is 10.2 Å². The first kappa shape index (κ1) is 30.3. The lowest BCUT2D eigenvalue weighted by Crippen LogP contribution is -2.53. The number of ether oxygens (including phenoxy) is 2. The number of rotatable bonds is 12. The number of nitrogens with zero attached hydrogens (tertiary/aromatic N) is 2. The Morgan fingerprint density at radius 3 is 2.22 bits per heavy atom. The van der Waals surface area contributed by atoms with Crippen LogP contribution in [0.1, 0.15) is 48.5 Å². The van der Waals surface area contributed by atoms with Crippen molar-refractivity contribution in [3.8, 4) is 16.9 Å². The second kappa shape index (κ2) is 14.4. The van der Waals surface area contributed by atoms with E-state index < -0.39 is 11.6 Å². The number of hydrogen-bond acceptors (Lipinski definition) is 6. The Kier molecular flexibility index (Phi) is 9.68. The van der Waals surface area contributed by atoms with Gasteiger partial charge in [-0.1, -0.05) is 97.1 Å². The van der Waals surface area contributed by atoms with E-state index in [1.165, 1.54) is 0 Å². The first-order valence-corrected chi connectivity index (χ1v) is 15.7. The monoisotopic (exact) mass is 601 g/mol. The molecule has 0 radical (unpaired) electrons. The molecule has 2 aliphatic rings. The predicted octanol–water partition coefficient (Wildman–Crippen LogP) is 6.60. The van der Waals surface area contributed by atoms with Crippen LogP contribution in [0.5, 0.6) is 5.75 Å². The smallest absolute Gasteiger partial charge is 0.266 e. The minimum Gasteiger partial charge on any atom is -0.494 e. The second-order valence-electron chi connectivity index (χ2n) is 11.4. The van der Waals surface area contributed by atoms with Gasteiger partial charge in [-0.05, 0) is 59.4 Å². The third-order valence-electron chi connectivity index (χ3n) is 8.26. The number of aliphatic hydroxyl groups is 1. The summed E-state index contributed by atoms with van der Waals surface area (Å²) < 4.78 is 12.4. The van der Waals surface area contributed by atoms with Crippen LogP contribution in [0.4, 0.5) is 0 Å². The van der Waals surface area contributed by atoms with Gasteiger partial charge in [0.15, 0.2) is 11.6 Å². The zero-order valence-corrected chi connectivity index (χ0v) is 25.3. The van der Waals surface area contributed by atoms with Gasteiger partial charge in [-0.25, -0.2) is 10.0 Å². The first-order chi connectivity index (χ1) is 22.1. The Morgan fingerprint density at radius 1 is 0.889 bits per heavy atom. The molecule has 7 nitrogen and oxygen atoms in total. The summed E-state index contributed by atoms with van der Waals surface area (Å²) >= 11 is 0. The van der Waals surface area contributed by atoms with Crippen molar-refractivity contribution in [2.45, 2.75) is 37.3 Å². The average molecular weight is 602 g/mol. The topological polar surface area (TPSA) is 83.4 Å². The van der Waals surface area contributed by atoms with Gasteiger partial charge in [-0.15, -0.1) is 0 Å². The minimum absolute atomic E-state index is 0.0801. The molecule has 4 aromatic rings. The Labute approximate surface area is 264 Å². The number of carbonyl (C=O) groups excluding carboxylic acids is 1. The molecule has 1 fully saturated rings. The lowest BCUT2D eigenvalue weighted by molar-refractivity contribution is -0.133. The van der Waals surface area contributed by atoms with Crippen molar-refractivity contribution in [2.75, 3.05) is 26.3 Å². The van der Waals surface area contributed by atoms with E-state index in [0.717, 1.165) is 53.7 Å². The molecular formula is C38H39N3O4. The highest BCUT2D eigenvalue weighted by Crippen LogP contribution is 2.43. The van der Waals surface area contributed by atoms with Gasteiger partial charge in [0.05, 0.1) is 6.61 Å². The molecule has 2 aliphatic heterocycles. The van der Waals surface area contributed by atoms with Crippen LogP contribution < -0.4 is 10.2 Å². The predicted molar refractivity (Wildman–Crippen MR) is 178 cm³/mol. The molecule has 1 amide bonds. The summed E-state index contributed by atoms with van der Waals surface area (Å²) in [7, 11) is 0. The highest BCUT2D eigenvalue weighted by molar-refractivity contribution is 6.01. The first-order valence-electron chi connectivity index (χ1n) is 15.7. The van der Waals surface area contributed by atoms with Crippen LogP contribution in [-0.4, -0.2) is 53.8 Å². The van der Waals surface area contributed by atoms with Gasteiger partial charge in [0, 0.05) is 38.1 Å². The number of hydrazine groups is 1. The van der Waals surface area contributed by atoms with E-state index in [1.807, 2.05) is 102 Å². The zero-order valence-electron chi connectivity index (χ0n) is 25.3. The normalized spacial score (nSPS) is 19.8. The number of hydrogen-bond donors (Lipinski definition) is 2. The molecule has 0 saturated carbocycles.